The van der Waals surface area contributed by atoms with Crippen molar-refractivity contribution in [3.05, 3.63) is 23.8 Å². The quantitative estimate of drug-likeness (QED) is 0.670. The predicted molar refractivity (Wildman–Crippen MR) is 87.2 cm³/mol. The van der Waals surface area contributed by atoms with Crippen LogP contribution < -0.4 is 9.47 Å². The summed E-state index contributed by atoms with van der Waals surface area (Å²) in [6.45, 7) is 5.13. The van der Waals surface area contributed by atoms with E-state index in [9.17, 15) is 9.59 Å². The summed E-state index contributed by atoms with van der Waals surface area (Å²) in [6.07, 6.45) is 1.91. The normalized spacial score (nSPS) is 10.2. The maximum Gasteiger partial charge on any atom is 0.305 e. The molecule has 0 saturated heterocycles. The van der Waals surface area contributed by atoms with Gasteiger partial charge in [0.05, 0.1) is 20.1 Å². The lowest BCUT2D eigenvalue weighted by Gasteiger charge is -2.20. The van der Waals surface area contributed by atoms with E-state index in [0.29, 0.717) is 30.2 Å². The molecule has 1 aromatic carbocycles. The Morgan fingerprint density at radius 2 is 1.96 bits per heavy atom. The van der Waals surface area contributed by atoms with Gasteiger partial charge in [-0.3, -0.25) is 9.59 Å². The Hall–Kier alpha value is -2.24. The summed E-state index contributed by atoms with van der Waals surface area (Å²) in [7, 11) is 1.53. The number of hydrogen-bond acceptors (Lipinski definition) is 4. The first-order valence-corrected chi connectivity index (χ1v) is 7.85. The third-order valence-electron chi connectivity index (χ3n) is 3.43. The van der Waals surface area contributed by atoms with Crippen molar-refractivity contribution in [2.24, 2.45) is 0 Å². The average molecular weight is 323 g/mol. The molecule has 0 bridgehead atoms. The molecular formula is C17H25NO5. The average Bonchev–Trinajstić information content (AvgIpc) is 2.55. The molecule has 0 radical (unpaired) electrons. The van der Waals surface area contributed by atoms with Gasteiger partial charge < -0.3 is 19.5 Å². The third kappa shape index (κ3) is 5.81. The van der Waals surface area contributed by atoms with Crippen molar-refractivity contribution in [1.82, 2.24) is 4.90 Å². The number of ether oxygens (including phenoxy) is 2. The van der Waals surface area contributed by atoms with Gasteiger partial charge >= 0.3 is 5.97 Å². The molecule has 0 saturated carbocycles. The summed E-state index contributed by atoms with van der Waals surface area (Å²) in [6, 6.07) is 5.02. The van der Waals surface area contributed by atoms with Crippen molar-refractivity contribution >= 4 is 11.9 Å². The van der Waals surface area contributed by atoms with Gasteiger partial charge in [-0.15, -0.1) is 0 Å². The van der Waals surface area contributed by atoms with Gasteiger partial charge in [0.25, 0.3) is 5.91 Å². The molecule has 0 unspecified atom stereocenters. The van der Waals surface area contributed by atoms with Crippen LogP contribution in [0.5, 0.6) is 11.5 Å². The molecule has 0 aliphatic carbocycles. The summed E-state index contributed by atoms with van der Waals surface area (Å²) in [5.74, 6) is -0.0343. The van der Waals surface area contributed by atoms with Crippen LogP contribution in [0.1, 0.15) is 43.5 Å². The first-order valence-electron chi connectivity index (χ1n) is 7.85. The van der Waals surface area contributed by atoms with Crippen LogP contribution in [-0.2, 0) is 4.79 Å². The molecule has 1 aromatic rings. The van der Waals surface area contributed by atoms with Gasteiger partial charge in [-0.1, -0.05) is 13.3 Å². The minimum Gasteiger partial charge on any atom is -0.493 e. The zero-order valence-corrected chi connectivity index (χ0v) is 14.0. The second-order valence-electron chi connectivity index (χ2n) is 5.10. The lowest BCUT2D eigenvalue weighted by atomic mass is 10.1. The molecule has 0 aromatic heterocycles. The van der Waals surface area contributed by atoms with Crippen molar-refractivity contribution in [2.75, 3.05) is 26.8 Å². The fraction of sp³-hybridized carbons (Fsp3) is 0.529. The Labute approximate surface area is 137 Å². The number of aliphatic carboxylic acids is 1. The van der Waals surface area contributed by atoms with Crippen molar-refractivity contribution in [2.45, 2.75) is 33.1 Å². The van der Waals surface area contributed by atoms with Gasteiger partial charge in [0.2, 0.25) is 0 Å². The lowest BCUT2D eigenvalue weighted by Crippen LogP contribution is -2.32. The van der Waals surface area contributed by atoms with E-state index in [0.717, 1.165) is 12.8 Å². The fourth-order valence-corrected chi connectivity index (χ4v) is 2.06. The number of carboxylic acids is 1. The molecule has 1 amide bonds. The molecule has 0 aliphatic rings. The molecule has 0 aliphatic heterocycles. The number of nitrogens with zero attached hydrogens (tertiary/aromatic N) is 1. The van der Waals surface area contributed by atoms with Crippen LogP contribution in [0.4, 0.5) is 0 Å². The highest BCUT2D eigenvalue weighted by atomic mass is 16.5. The second kappa shape index (κ2) is 9.71. The molecule has 128 valence electrons. The Bertz CT molecular complexity index is 530. The van der Waals surface area contributed by atoms with E-state index >= 15 is 0 Å². The number of hydrogen-bond donors (Lipinski definition) is 1. The number of carboxylic acid groups (broad SMARTS) is 1. The zero-order valence-electron chi connectivity index (χ0n) is 14.0. The Kier molecular flexibility index (Phi) is 7.94. The number of benzene rings is 1. The maximum atomic E-state index is 12.5. The second-order valence-corrected chi connectivity index (χ2v) is 5.10. The number of carbonyl (C=O) groups is 2. The lowest BCUT2D eigenvalue weighted by molar-refractivity contribution is -0.137. The largest absolute Gasteiger partial charge is 0.493 e. The minimum absolute atomic E-state index is 0.0745. The van der Waals surface area contributed by atoms with Crippen molar-refractivity contribution in [3.63, 3.8) is 0 Å². The number of methoxy groups -OCH3 is 1. The highest BCUT2D eigenvalue weighted by molar-refractivity contribution is 5.95. The minimum atomic E-state index is -0.923. The van der Waals surface area contributed by atoms with E-state index in [4.69, 9.17) is 14.6 Å². The zero-order chi connectivity index (χ0) is 17.2. The van der Waals surface area contributed by atoms with Crippen molar-refractivity contribution in [1.29, 1.82) is 0 Å². The van der Waals surface area contributed by atoms with E-state index in [2.05, 4.69) is 6.92 Å². The topological polar surface area (TPSA) is 76.1 Å². The van der Waals surface area contributed by atoms with Gasteiger partial charge in [-0.05, 0) is 31.5 Å². The van der Waals surface area contributed by atoms with Gasteiger partial charge in [0, 0.05) is 18.7 Å². The van der Waals surface area contributed by atoms with Crippen LogP contribution in [-0.4, -0.2) is 48.7 Å². The van der Waals surface area contributed by atoms with Gasteiger partial charge in [-0.25, -0.2) is 0 Å². The summed E-state index contributed by atoms with van der Waals surface area (Å²) in [4.78, 5) is 24.6. The van der Waals surface area contributed by atoms with Crippen LogP contribution in [0, 0.1) is 0 Å². The Morgan fingerprint density at radius 3 is 2.52 bits per heavy atom. The van der Waals surface area contributed by atoms with Crippen LogP contribution >= 0.6 is 0 Å². The smallest absolute Gasteiger partial charge is 0.305 e. The number of carbonyl (C=O) groups excluding carboxylic acids is 1. The van der Waals surface area contributed by atoms with E-state index in [-0.39, 0.29) is 18.9 Å². The van der Waals surface area contributed by atoms with Crippen molar-refractivity contribution in [3.8, 4) is 11.5 Å². The van der Waals surface area contributed by atoms with Crippen molar-refractivity contribution < 1.29 is 24.2 Å². The van der Waals surface area contributed by atoms with Gasteiger partial charge in [0.1, 0.15) is 0 Å². The van der Waals surface area contributed by atoms with E-state index in [1.165, 1.54) is 12.0 Å². The monoisotopic (exact) mass is 323 g/mol. The number of rotatable bonds is 10. The van der Waals surface area contributed by atoms with Gasteiger partial charge in [-0.2, -0.15) is 0 Å². The molecule has 1 N–H and O–H groups in total. The molecule has 6 heteroatoms. The standard InChI is InChI=1S/C17H25NO5/c1-4-6-11-23-14-8-7-13(12-15(14)22-3)17(21)18(5-2)10-9-16(19)20/h7-8,12H,4-6,9-11H2,1-3H3,(H,19,20). The predicted octanol–water partition coefficient (Wildman–Crippen LogP) is 2.81. The fourth-order valence-electron chi connectivity index (χ4n) is 2.06. The van der Waals surface area contributed by atoms with Crippen LogP contribution in [0.25, 0.3) is 0 Å². The summed E-state index contributed by atoms with van der Waals surface area (Å²) >= 11 is 0. The molecule has 0 heterocycles. The first kappa shape index (κ1) is 18.8. The summed E-state index contributed by atoms with van der Waals surface area (Å²) in [5.41, 5.74) is 0.455. The van der Waals surface area contributed by atoms with E-state index in [1.807, 2.05) is 6.92 Å². The highest BCUT2D eigenvalue weighted by Gasteiger charge is 2.17. The number of unbranched alkanes of at least 4 members (excludes halogenated alkanes) is 1. The molecule has 6 nitrogen and oxygen atoms in total. The Balaban J connectivity index is 2.85. The Morgan fingerprint density at radius 1 is 1.22 bits per heavy atom. The van der Waals surface area contributed by atoms with Gasteiger partial charge in [0.15, 0.2) is 11.5 Å². The summed E-state index contributed by atoms with van der Waals surface area (Å²) in [5, 5.41) is 8.76. The first-order chi connectivity index (χ1) is 11.0. The number of amides is 1. The van der Waals surface area contributed by atoms with Crippen LogP contribution in [0.15, 0.2) is 18.2 Å². The molecule has 0 atom stereocenters. The molecule has 0 fully saturated rings. The SMILES string of the molecule is CCCCOc1ccc(C(=O)N(CC)CCC(=O)O)cc1OC. The maximum absolute atomic E-state index is 12.5. The molecule has 0 spiro atoms. The molecule has 23 heavy (non-hydrogen) atoms. The third-order valence-corrected chi connectivity index (χ3v) is 3.43. The van der Waals surface area contributed by atoms with E-state index in [1.54, 1.807) is 18.2 Å². The highest BCUT2D eigenvalue weighted by Crippen LogP contribution is 2.28. The molecular weight excluding hydrogens is 298 g/mol. The van der Waals surface area contributed by atoms with E-state index < -0.39 is 5.97 Å². The summed E-state index contributed by atoms with van der Waals surface area (Å²) < 4.78 is 10.9. The van der Waals surface area contributed by atoms with Crippen LogP contribution in [0.2, 0.25) is 0 Å². The molecule has 1 rings (SSSR count). The van der Waals surface area contributed by atoms with Crippen LogP contribution in [0.3, 0.4) is 0 Å².